The lowest BCUT2D eigenvalue weighted by molar-refractivity contribution is 0.568. The van der Waals surface area contributed by atoms with Crippen molar-refractivity contribution in [3.05, 3.63) is 76.8 Å². The van der Waals surface area contributed by atoms with E-state index < -0.39 is 0 Å². The first kappa shape index (κ1) is 19.4. The van der Waals surface area contributed by atoms with E-state index in [4.69, 9.17) is 21.7 Å². The number of aromatic nitrogens is 4. The van der Waals surface area contributed by atoms with Gasteiger partial charge < -0.3 is 5.32 Å². The van der Waals surface area contributed by atoms with Gasteiger partial charge in [-0.15, -0.1) is 0 Å². The van der Waals surface area contributed by atoms with Crippen LogP contribution in [0.2, 0.25) is 5.02 Å². The molecule has 0 saturated heterocycles. The number of nitrogens with zero attached hydrogens (tertiary/aromatic N) is 4. The Balaban J connectivity index is 1.89. The topological polar surface area (TPSA) is 55.1 Å². The number of benzene rings is 1. The van der Waals surface area contributed by atoms with E-state index >= 15 is 0 Å². The molecule has 0 aliphatic carbocycles. The van der Waals surface area contributed by atoms with Crippen molar-refractivity contribution in [2.75, 3.05) is 5.32 Å². The summed E-state index contributed by atoms with van der Waals surface area (Å²) >= 11 is 6.51. The molecule has 1 N–H and O–H groups in total. The van der Waals surface area contributed by atoms with Crippen LogP contribution in [0.5, 0.6) is 0 Å². The van der Waals surface area contributed by atoms with Crippen LogP contribution < -0.4 is 5.32 Å². The van der Waals surface area contributed by atoms with Gasteiger partial charge in [-0.1, -0.05) is 56.6 Å². The van der Waals surface area contributed by atoms with Crippen molar-refractivity contribution in [1.82, 2.24) is 19.6 Å². The van der Waals surface area contributed by atoms with Crippen LogP contribution in [0.1, 0.15) is 37.7 Å². The van der Waals surface area contributed by atoms with E-state index in [1.807, 2.05) is 54.0 Å². The minimum atomic E-state index is -0.109. The molecule has 6 heteroatoms. The van der Waals surface area contributed by atoms with Crippen LogP contribution in [0.4, 0.5) is 5.82 Å². The number of anilines is 1. The first-order valence-electron chi connectivity index (χ1n) is 9.63. The number of rotatable bonds is 4. The third kappa shape index (κ3) is 3.83. The van der Waals surface area contributed by atoms with Crippen LogP contribution in [0.3, 0.4) is 0 Å². The van der Waals surface area contributed by atoms with Crippen LogP contribution in [0.15, 0.2) is 54.9 Å². The van der Waals surface area contributed by atoms with Crippen LogP contribution in [0.25, 0.3) is 16.8 Å². The van der Waals surface area contributed by atoms with Crippen molar-refractivity contribution in [3.8, 4) is 11.1 Å². The third-order valence-corrected chi connectivity index (χ3v) is 5.20. The van der Waals surface area contributed by atoms with E-state index in [9.17, 15) is 0 Å². The highest BCUT2D eigenvalue weighted by atomic mass is 35.5. The van der Waals surface area contributed by atoms with Crippen molar-refractivity contribution in [3.63, 3.8) is 0 Å². The SMILES string of the molecule is Cc1nn2c(NCc3cccnc3)cc(C(C)(C)C)nc2c1-c1ccccc1Cl. The van der Waals surface area contributed by atoms with Crippen molar-refractivity contribution in [2.24, 2.45) is 0 Å². The lowest BCUT2D eigenvalue weighted by Gasteiger charge is -2.20. The Kier molecular flexibility index (Phi) is 5.01. The number of hydrogen-bond acceptors (Lipinski definition) is 4. The molecule has 29 heavy (non-hydrogen) atoms. The van der Waals surface area contributed by atoms with Gasteiger partial charge in [0.05, 0.1) is 17.0 Å². The molecule has 0 spiro atoms. The summed E-state index contributed by atoms with van der Waals surface area (Å²) in [5, 5.41) is 8.99. The first-order chi connectivity index (χ1) is 13.8. The number of nitrogens with one attached hydrogen (secondary N) is 1. The molecule has 0 fully saturated rings. The predicted octanol–water partition coefficient (Wildman–Crippen LogP) is 5.66. The lowest BCUT2D eigenvalue weighted by Crippen LogP contribution is -2.16. The largest absolute Gasteiger partial charge is 0.366 e. The van der Waals surface area contributed by atoms with E-state index in [0.29, 0.717) is 11.6 Å². The number of fused-ring (bicyclic) bond motifs is 1. The molecule has 148 valence electrons. The van der Waals surface area contributed by atoms with E-state index in [1.165, 1.54) is 0 Å². The molecule has 0 aliphatic heterocycles. The molecular weight excluding hydrogens is 382 g/mol. The molecule has 0 saturated carbocycles. The first-order valence-corrected chi connectivity index (χ1v) is 10.0. The fraction of sp³-hybridized carbons (Fsp3) is 0.261. The molecule has 0 amide bonds. The summed E-state index contributed by atoms with van der Waals surface area (Å²) in [6, 6.07) is 13.9. The summed E-state index contributed by atoms with van der Waals surface area (Å²) in [4.78, 5) is 9.18. The molecule has 3 aromatic heterocycles. The van der Waals surface area contributed by atoms with Crippen molar-refractivity contribution in [1.29, 1.82) is 0 Å². The maximum Gasteiger partial charge on any atom is 0.165 e. The van der Waals surface area contributed by atoms with Gasteiger partial charge in [0.15, 0.2) is 5.65 Å². The second-order valence-corrected chi connectivity index (χ2v) is 8.57. The number of hydrogen-bond donors (Lipinski definition) is 1. The molecule has 0 atom stereocenters. The number of halogens is 1. The van der Waals surface area contributed by atoms with Crippen molar-refractivity contribution < 1.29 is 0 Å². The molecule has 4 rings (SSSR count). The minimum absolute atomic E-state index is 0.109. The van der Waals surface area contributed by atoms with E-state index in [1.54, 1.807) is 6.20 Å². The van der Waals surface area contributed by atoms with Gasteiger partial charge in [-0.2, -0.15) is 9.61 Å². The molecule has 0 aliphatic rings. The van der Waals surface area contributed by atoms with Crippen LogP contribution in [-0.2, 0) is 12.0 Å². The average molecular weight is 406 g/mol. The van der Waals surface area contributed by atoms with Gasteiger partial charge in [-0.05, 0) is 24.6 Å². The van der Waals surface area contributed by atoms with Gasteiger partial charge in [0.1, 0.15) is 5.82 Å². The second kappa shape index (κ2) is 7.48. The summed E-state index contributed by atoms with van der Waals surface area (Å²) in [6.07, 6.45) is 3.64. The van der Waals surface area contributed by atoms with Crippen molar-refractivity contribution in [2.45, 2.75) is 39.7 Å². The van der Waals surface area contributed by atoms with E-state index in [0.717, 1.165) is 39.5 Å². The molecule has 0 radical (unpaired) electrons. The van der Waals surface area contributed by atoms with E-state index in [-0.39, 0.29) is 5.41 Å². The summed E-state index contributed by atoms with van der Waals surface area (Å²) in [5.74, 6) is 0.894. The molecule has 3 heterocycles. The minimum Gasteiger partial charge on any atom is -0.366 e. The van der Waals surface area contributed by atoms with Gasteiger partial charge >= 0.3 is 0 Å². The highest BCUT2D eigenvalue weighted by molar-refractivity contribution is 6.33. The Morgan fingerprint density at radius 2 is 1.90 bits per heavy atom. The molecular formula is C23H24ClN5. The fourth-order valence-electron chi connectivity index (χ4n) is 3.31. The maximum atomic E-state index is 6.51. The Hall–Kier alpha value is -2.92. The van der Waals surface area contributed by atoms with Crippen LogP contribution in [0, 0.1) is 6.92 Å². The van der Waals surface area contributed by atoms with Crippen LogP contribution >= 0.6 is 11.6 Å². The van der Waals surface area contributed by atoms with Gasteiger partial charge in [-0.25, -0.2) is 4.98 Å². The van der Waals surface area contributed by atoms with Gasteiger partial charge in [0.25, 0.3) is 0 Å². The fourth-order valence-corrected chi connectivity index (χ4v) is 3.54. The zero-order valence-electron chi connectivity index (χ0n) is 17.1. The highest BCUT2D eigenvalue weighted by Crippen LogP contribution is 2.35. The third-order valence-electron chi connectivity index (χ3n) is 4.87. The summed E-state index contributed by atoms with van der Waals surface area (Å²) in [5.41, 5.74) is 5.59. The highest BCUT2D eigenvalue weighted by Gasteiger charge is 2.23. The zero-order chi connectivity index (χ0) is 20.6. The van der Waals surface area contributed by atoms with Gasteiger partial charge in [0.2, 0.25) is 0 Å². The Labute approximate surface area is 175 Å². The lowest BCUT2D eigenvalue weighted by atomic mass is 9.92. The second-order valence-electron chi connectivity index (χ2n) is 8.17. The van der Waals surface area contributed by atoms with Crippen LogP contribution in [-0.4, -0.2) is 19.6 Å². The molecule has 4 aromatic rings. The standard InChI is InChI=1S/C23H24ClN5/c1-15-21(17-9-5-6-10-18(17)24)22-27-19(23(2,3)4)12-20(29(22)28-15)26-14-16-8-7-11-25-13-16/h5-13,26H,14H2,1-4H3. The molecule has 5 nitrogen and oxygen atoms in total. The zero-order valence-corrected chi connectivity index (χ0v) is 17.8. The van der Waals surface area contributed by atoms with Gasteiger partial charge in [0, 0.05) is 41.0 Å². The monoisotopic (exact) mass is 405 g/mol. The summed E-state index contributed by atoms with van der Waals surface area (Å²) in [7, 11) is 0. The average Bonchev–Trinajstić information content (AvgIpc) is 3.02. The Bertz CT molecular complexity index is 1160. The molecule has 0 unspecified atom stereocenters. The van der Waals surface area contributed by atoms with Gasteiger partial charge in [-0.3, -0.25) is 4.98 Å². The number of aryl methyl sites for hydroxylation is 1. The number of pyridine rings is 1. The Morgan fingerprint density at radius 3 is 2.59 bits per heavy atom. The Morgan fingerprint density at radius 1 is 1.10 bits per heavy atom. The quantitative estimate of drug-likeness (QED) is 0.475. The smallest absolute Gasteiger partial charge is 0.165 e. The maximum absolute atomic E-state index is 6.51. The van der Waals surface area contributed by atoms with Crippen molar-refractivity contribution >= 4 is 23.1 Å². The molecule has 0 bridgehead atoms. The predicted molar refractivity (Wildman–Crippen MR) is 118 cm³/mol. The van der Waals surface area contributed by atoms with E-state index in [2.05, 4.69) is 37.1 Å². The normalized spacial score (nSPS) is 11.8. The summed E-state index contributed by atoms with van der Waals surface area (Å²) in [6.45, 7) is 9.13. The molecule has 1 aromatic carbocycles. The summed E-state index contributed by atoms with van der Waals surface area (Å²) < 4.78 is 1.87.